The van der Waals surface area contributed by atoms with Crippen molar-refractivity contribution in [2.45, 2.75) is 13.5 Å². The van der Waals surface area contributed by atoms with E-state index in [2.05, 4.69) is 10.3 Å². The Hall–Kier alpha value is -1.99. The van der Waals surface area contributed by atoms with Crippen LogP contribution in [0.1, 0.15) is 16.3 Å². The lowest BCUT2D eigenvalue weighted by Gasteiger charge is -2.07. The quantitative estimate of drug-likeness (QED) is 0.793. The highest BCUT2D eigenvalue weighted by atomic mass is 32.1. The van der Waals surface area contributed by atoms with Crippen LogP contribution in [0.5, 0.6) is 5.75 Å². The van der Waals surface area contributed by atoms with E-state index in [4.69, 9.17) is 22.7 Å². The van der Waals surface area contributed by atoms with Crippen molar-refractivity contribution in [2.75, 3.05) is 6.61 Å². The predicted molar refractivity (Wildman–Crippen MR) is 86.5 cm³/mol. The maximum Gasteiger partial charge on any atom is 0.258 e. The fraction of sp³-hybridized carbons (Fsp3) is 0.214. The molecule has 0 atom stereocenters. The average Bonchev–Trinajstić information content (AvgIpc) is 2.89. The first kappa shape index (κ1) is 15.4. The summed E-state index contributed by atoms with van der Waals surface area (Å²) in [6.45, 7) is 2.29. The number of nitrogens with two attached hydrogens (primary N) is 1. The Morgan fingerprint density at radius 3 is 2.71 bits per heavy atom. The third-order valence-corrected chi connectivity index (χ3v) is 3.81. The van der Waals surface area contributed by atoms with Gasteiger partial charge in [-0.15, -0.1) is 11.3 Å². The average molecular weight is 321 g/mol. The van der Waals surface area contributed by atoms with Crippen molar-refractivity contribution in [1.29, 1.82) is 0 Å². The Kier molecular flexibility index (Phi) is 5.24. The fourth-order valence-electron chi connectivity index (χ4n) is 1.57. The van der Waals surface area contributed by atoms with Crippen LogP contribution >= 0.6 is 23.6 Å². The molecule has 0 aliphatic heterocycles. The smallest absolute Gasteiger partial charge is 0.258 e. The highest BCUT2D eigenvalue weighted by molar-refractivity contribution is 7.80. The number of thiocarbonyl (C=S) groups is 1. The molecular weight excluding hydrogens is 306 g/mol. The first-order valence-electron chi connectivity index (χ1n) is 6.25. The summed E-state index contributed by atoms with van der Waals surface area (Å²) in [6, 6.07) is 6.97. The number of amides is 1. The van der Waals surface area contributed by atoms with Crippen molar-refractivity contribution in [1.82, 2.24) is 10.3 Å². The van der Waals surface area contributed by atoms with Gasteiger partial charge >= 0.3 is 0 Å². The highest BCUT2D eigenvalue weighted by Crippen LogP contribution is 2.12. The number of hydrogen-bond donors (Lipinski definition) is 2. The van der Waals surface area contributed by atoms with Crippen LogP contribution in [0, 0.1) is 6.92 Å². The second-order valence-electron chi connectivity index (χ2n) is 4.34. The van der Waals surface area contributed by atoms with Crippen LogP contribution in [0.15, 0.2) is 29.6 Å². The van der Waals surface area contributed by atoms with Gasteiger partial charge in [-0.25, -0.2) is 4.98 Å². The summed E-state index contributed by atoms with van der Waals surface area (Å²) in [5.74, 6) is 0.400. The van der Waals surface area contributed by atoms with E-state index >= 15 is 0 Å². The van der Waals surface area contributed by atoms with Gasteiger partial charge in [-0.3, -0.25) is 4.79 Å². The normalized spacial score (nSPS) is 10.1. The lowest BCUT2D eigenvalue weighted by Crippen LogP contribution is -2.28. The molecule has 7 heteroatoms. The summed E-state index contributed by atoms with van der Waals surface area (Å²) in [7, 11) is 0. The lowest BCUT2D eigenvalue weighted by molar-refractivity contribution is -0.123. The number of hydrogen-bond acceptors (Lipinski definition) is 5. The molecule has 0 fully saturated rings. The number of aromatic nitrogens is 1. The van der Waals surface area contributed by atoms with Gasteiger partial charge in [0.05, 0.1) is 6.54 Å². The Morgan fingerprint density at radius 1 is 1.43 bits per heavy atom. The molecule has 21 heavy (non-hydrogen) atoms. The van der Waals surface area contributed by atoms with E-state index in [-0.39, 0.29) is 12.5 Å². The molecule has 1 aromatic carbocycles. The Labute approximate surface area is 132 Å². The van der Waals surface area contributed by atoms with Gasteiger partial charge in [0.2, 0.25) is 0 Å². The molecule has 0 saturated heterocycles. The van der Waals surface area contributed by atoms with Crippen molar-refractivity contribution >= 4 is 34.5 Å². The number of thiazole rings is 1. The zero-order chi connectivity index (χ0) is 15.2. The SMILES string of the molecule is Cc1csc(CNC(=O)COc2ccc(C(N)=S)cc2)n1. The predicted octanol–water partition coefficient (Wildman–Crippen LogP) is 1.78. The third kappa shape index (κ3) is 4.80. The number of nitrogens with one attached hydrogen (secondary N) is 1. The van der Waals surface area contributed by atoms with Crippen molar-refractivity contribution in [3.05, 3.63) is 45.9 Å². The molecule has 1 amide bonds. The minimum Gasteiger partial charge on any atom is -0.484 e. The summed E-state index contributed by atoms with van der Waals surface area (Å²) in [6.07, 6.45) is 0. The third-order valence-electron chi connectivity index (χ3n) is 2.61. The second-order valence-corrected chi connectivity index (χ2v) is 5.72. The van der Waals surface area contributed by atoms with Gasteiger partial charge in [-0.1, -0.05) is 12.2 Å². The minimum atomic E-state index is -0.193. The van der Waals surface area contributed by atoms with E-state index in [9.17, 15) is 4.79 Å². The molecule has 2 aromatic rings. The molecular formula is C14H15N3O2S2. The first-order chi connectivity index (χ1) is 10.0. The molecule has 0 radical (unpaired) electrons. The number of carbonyl (C=O) groups is 1. The Balaban J connectivity index is 1.77. The number of rotatable bonds is 6. The Bertz CT molecular complexity index is 638. The largest absolute Gasteiger partial charge is 0.484 e. The van der Waals surface area contributed by atoms with Crippen LogP contribution in [0.4, 0.5) is 0 Å². The Morgan fingerprint density at radius 2 is 2.14 bits per heavy atom. The highest BCUT2D eigenvalue weighted by Gasteiger charge is 2.05. The van der Waals surface area contributed by atoms with Gasteiger partial charge < -0.3 is 15.8 Å². The molecule has 0 aliphatic rings. The van der Waals surface area contributed by atoms with Gasteiger partial charge in [0.1, 0.15) is 15.7 Å². The van der Waals surface area contributed by atoms with Gasteiger partial charge in [-0.05, 0) is 31.2 Å². The van der Waals surface area contributed by atoms with Crippen LogP contribution in [-0.4, -0.2) is 22.5 Å². The zero-order valence-electron chi connectivity index (χ0n) is 11.5. The van der Waals surface area contributed by atoms with E-state index in [1.807, 2.05) is 12.3 Å². The number of aryl methyl sites for hydroxylation is 1. The monoisotopic (exact) mass is 321 g/mol. The van der Waals surface area contributed by atoms with E-state index in [1.54, 1.807) is 24.3 Å². The van der Waals surface area contributed by atoms with Crippen molar-refractivity contribution in [3.8, 4) is 5.75 Å². The molecule has 0 spiro atoms. The molecule has 2 rings (SSSR count). The van der Waals surface area contributed by atoms with Crippen molar-refractivity contribution in [2.24, 2.45) is 5.73 Å². The van der Waals surface area contributed by atoms with Crippen LogP contribution in [-0.2, 0) is 11.3 Å². The van der Waals surface area contributed by atoms with E-state index in [0.717, 1.165) is 16.3 Å². The molecule has 0 aliphatic carbocycles. The minimum absolute atomic E-state index is 0.0449. The van der Waals surface area contributed by atoms with E-state index in [1.165, 1.54) is 11.3 Å². The maximum absolute atomic E-state index is 11.7. The van der Waals surface area contributed by atoms with Gasteiger partial charge in [0.25, 0.3) is 5.91 Å². The first-order valence-corrected chi connectivity index (χ1v) is 7.54. The van der Waals surface area contributed by atoms with Gasteiger partial charge in [0, 0.05) is 16.6 Å². The van der Waals surface area contributed by atoms with E-state index < -0.39 is 0 Å². The van der Waals surface area contributed by atoms with Crippen molar-refractivity contribution in [3.63, 3.8) is 0 Å². The molecule has 5 nitrogen and oxygen atoms in total. The molecule has 0 saturated carbocycles. The van der Waals surface area contributed by atoms with Crippen LogP contribution in [0.25, 0.3) is 0 Å². The van der Waals surface area contributed by atoms with Crippen LogP contribution in [0.2, 0.25) is 0 Å². The second kappa shape index (κ2) is 7.14. The summed E-state index contributed by atoms with van der Waals surface area (Å²) in [4.78, 5) is 16.3. The number of nitrogens with zero attached hydrogens (tertiary/aromatic N) is 1. The molecule has 1 heterocycles. The van der Waals surface area contributed by atoms with Crippen LogP contribution < -0.4 is 15.8 Å². The van der Waals surface area contributed by atoms with Gasteiger partial charge in [-0.2, -0.15) is 0 Å². The lowest BCUT2D eigenvalue weighted by atomic mass is 10.2. The van der Waals surface area contributed by atoms with E-state index in [0.29, 0.717) is 17.3 Å². The molecule has 3 N–H and O–H groups in total. The summed E-state index contributed by atoms with van der Waals surface area (Å²) in [5, 5.41) is 5.58. The number of benzene rings is 1. The van der Waals surface area contributed by atoms with Crippen molar-refractivity contribution < 1.29 is 9.53 Å². The summed E-state index contributed by atoms with van der Waals surface area (Å²) < 4.78 is 5.38. The topological polar surface area (TPSA) is 77.2 Å². The maximum atomic E-state index is 11.7. The van der Waals surface area contributed by atoms with Gasteiger partial charge in [0.15, 0.2) is 6.61 Å². The fourth-order valence-corrected chi connectivity index (χ4v) is 2.42. The molecule has 110 valence electrons. The molecule has 1 aromatic heterocycles. The number of ether oxygens (including phenoxy) is 1. The van der Waals surface area contributed by atoms with Crippen LogP contribution in [0.3, 0.4) is 0 Å². The zero-order valence-corrected chi connectivity index (χ0v) is 13.1. The molecule has 0 bridgehead atoms. The standard InChI is InChI=1S/C14H15N3O2S2/c1-9-8-21-13(17-9)6-16-12(18)7-19-11-4-2-10(3-5-11)14(15)20/h2-5,8H,6-7H2,1H3,(H2,15,20)(H,16,18). The number of carbonyl (C=O) groups excluding carboxylic acids is 1. The summed E-state index contributed by atoms with van der Waals surface area (Å²) in [5.41, 5.74) is 7.23. The molecule has 0 unspecified atom stereocenters. The summed E-state index contributed by atoms with van der Waals surface area (Å²) >= 11 is 6.38.